The summed E-state index contributed by atoms with van der Waals surface area (Å²) >= 11 is 15.4. The van der Waals surface area contributed by atoms with Crippen LogP contribution in [0.4, 0.5) is 5.69 Å². The lowest BCUT2D eigenvalue weighted by Gasteiger charge is -2.12. The Hall–Kier alpha value is -1.07. The van der Waals surface area contributed by atoms with Crippen LogP contribution in [0.15, 0.2) is 34.8 Å². The molecular formula is C15H12BrCl2NO2. The minimum absolute atomic E-state index is 0.0722. The van der Waals surface area contributed by atoms with Gasteiger partial charge in [0.25, 0.3) is 0 Å². The summed E-state index contributed by atoms with van der Waals surface area (Å²) in [7, 11) is 0. The Balaban J connectivity index is 2.52. The Morgan fingerprint density at radius 1 is 1.19 bits per heavy atom. The van der Waals surface area contributed by atoms with Crippen LogP contribution in [0.25, 0.3) is 0 Å². The molecule has 0 heterocycles. The van der Waals surface area contributed by atoms with E-state index in [0.717, 1.165) is 4.47 Å². The molecule has 2 rings (SSSR count). The van der Waals surface area contributed by atoms with Gasteiger partial charge in [0.05, 0.1) is 5.02 Å². The number of aliphatic hydroxyl groups is 1. The molecule has 110 valence electrons. The normalized spacial score (nSPS) is 10.7. The number of nitrogens with two attached hydrogens (primary N) is 1. The van der Waals surface area contributed by atoms with Gasteiger partial charge < -0.3 is 10.8 Å². The number of nitrogen functional groups attached to an aromatic ring is 1. The quantitative estimate of drug-likeness (QED) is 0.612. The summed E-state index contributed by atoms with van der Waals surface area (Å²) in [5.41, 5.74) is 7.61. The highest BCUT2D eigenvalue weighted by molar-refractivity contribution is 9.10. The van der Waals surface area contributed by atoms with E-state index in [2.05, 4.69) is 15.9 Å². The zero-order valence-corrected chi connectivity index (χ0v) is 14.0. The topological polar surface area (TPSA) is 63.3 Å². The van der Waals surface area contributed by atoms with Crippen LogP contribution in [0.2, 0.25) is 10.0 Å². The fourth-order valence-corrected chi connectivity index (χ4v) is 3.01. The molecule has 3 N–H and O–H groups in total. The number of hydrogen-bond donors (Lipinski definition) is 2. The molecule has 0 saturated heterocycles. The largest absolute Gasteiger partial charge is 0.398 e. The SMILES string of the molecule is Nc1c(CCO)cc(Cl)cc1C(=O)c1ccc(Br)cc1Cl. The second-order valence-electron chi connectivity index (χ2n) is 4.45. The number of ketones is 1. The van der Waals surface area contributed by atoms with Gasteiger partial charge in [0, 0.05) is 32.9 Å². The average molecular weight is 389 g/mol. The van der Waals surface area contributed by atoms with Crippen molar-refractivity contribution in [1.29, 1.82) is 0 Å². The van der Waals surface area contributed by atoms with E-state index in [1.807, 2.05) is 0 Å². The minimum Gasteiger partial charge on any atom is -0.398 e. The molecule has 2 aromatic rings. The molecule has 0 fully saturated rings. The van der Waals surface area contributed by atoms with Crippen molar-refractivity contribution in [3.05, 3.63) is 61.5 Å². The third-order valence-corrected chi connectivity index (χ3v) is 4.06. The average Bonchev–Trinajstić information content (AvgIpc) is 2.42. The van der Waals surface area contributed by atoms with E-state index < -0.39 is 0 Å². The van der Waals surface area contributed by atoms with E-state index >= 15 is 0 Å². The molecule has 21 heavy (non-hydrogen) atoms. The second-order valence-corrected chi connectivity index (χ2v) is 6.21. The number of anilines is 1. The summed E-state index contributed by atoms with van der Waals surface area (Å²) in [5.74, 6) is -0.299. The summed E-state index contributed by atoms with van der Waals surface area (Å²) in [6.07, 6.45) is 0.334. The van der Waals surface area contributed by atoms with E-state index in [1.54, 1.807) is 24.3 Å². The van der Waals surface area contributed by atoms with Gasteiger partial charge in [-0.1, -0.05) is 39.1 Å². The molecule has 0 aromatic heterocycles. The summed E-state index contributed by atoms with van der Waals surface area (Å²) < 4.78 is 0.782. The molecule has 0 bridgehead atoms. The van der Waals surface area contributed by atoms with Crippen molar-refractivity contribution in [2.24, 2.45) is 0 Å². The van der Waals surface area contributed by atoms with Crippen LogP contribution in [0.3, 0.4) is 0 Å². The fraction of sp³-hybridized carbons (Fsp3) is 0.133. The summed E-state index contributed by atoms with van der Waals surface area (Å²) in [4.78, 5) is 12.6. The Morgan fingerprint density at radius 3 is 2.52 bits per heavy atom. The number of benzene rings is 2. The maximum absolute atomic E-state index is 12.6. The van der Waals surface area contributed by atoms with E-state index in [-0.39, 0.29) is 18.0 Å². The third-order valence-electron chi connectivity index (χ3n) is 3.03. The molecule has 0 aliphatic heterocycles. The Bertz CT molecular complexity index is 704. The molecule has 0 radical (unpaired) electrons. The minimum atomic E-state index is -0.299. The summed E-state index contributed by atoms with van der Waals surface area (Å²) in [6.45, 7) is -0.0722. The van der Waals surface area contributed by atoms with Crippen molar-refractivity contribution in [3.63, 3.8) is 0 Å². The van der Waals surface area contributed by atoms with Crippen LogP contribution in [-0.4, -0.2) is 17.5 Å². The number of halogens is 3. The van der Waals surface area contributed by atoms with E-state index in [0.29, 0.717) is 33.3 Å². The number of hydrogen-bond acceptors (Lipinski definition) is 3. The van der Waals surface area contributed by atoms with Crippen molar-refractivity contribution in [3.8, 4) is 0 Å². The maximum Gasteiger partial charge on any atom is 0.196 e. The van der Waals surface area contributed by atoms with Crippen molar-refractivity contribution in [2.75, 3.05) is 12.3 Å². The molecule has 0 saturated carbocycles. The molecular weight excluding hydrogens is 377 g/mol. The van der Waals surface area contributed by atoms with Gasteiger partial charge in [-0.05, 0) is 42.3 Å². The van der Waals surface area contributed by atoms with Gasteiger partial charge in [0.1, 0.15) is 0 Å². The molecule has 0 spiro atoms. The lowest BCUT2D eigenvalue weighted by atomic mass is 9.98. The summed E-state index contributed by atoms with van der Waals surface area (Å²) in [5, 5.41) is 9.77. The highest BCUT2D eigenvalue weighted by atomic mass is 79.9. The van der Waals surface area contributed by atoms with E-state index in [1.165, 1.54) is 6.07 Å². The van der Waals surface area contributed by atoms with E-state index in [9.17, 15) is 4.79 Å². The predicted octanol–water partition coefficient (Wildman–Crippen LogP) is 4.10. The number of carbonyl (C=O) groups is 1. The number of aliphatic hydroxyl groups excluding tert-OH is 1. The third kappa shape index (κ3) is 3.58. The zero-order chi connectivity index (χ0) is 15.6. The van der Waals surface area contributed by atoms with Crippen LogP contribution in [0.5, 0.6) is 0 Å². The van der Waals surface area contributed by atoms with Gasteiger partial charge >= 0.3 is 0 Å². The van der Waals surface area contributed by atoms with Crippen LogP contribution in [0, 0.1) is 0 Å². The Morgan fingerprint density at radius 2 is 1.90 bits per heavy atom. The van der Waals surface area contributed by atoms with Crippen LogP contribution in [0.1, 0.15) is 21.5 Å². The number of carbonyl (C=O) groups excluding carboxylic acids is 1. The van der Waals surface area contributed by atoms with Crippen molar-refractivity contribution in [1.82, 2.24) is 0 Å². The van der Waals surface area contributed by atoms with Gasteiger partial charge in [0.15, 0.2) is 5.78 Å². The molecule has 3 nitrogen and oxygen atoms in total. The van der Waals surface area contributed by atoms with Crippen molar-refractivity contribution in [2.45, 2.75) is 6.42 Å². The Kier molecular flexibility index (Phi) is 5.27. The monoisotopic (exact) mass is 387 g/mol. The maximum atomic E-state index is 12.6. The first kappa shape index (κ1) is 16.3. The molecule has 0 aliphatic carbocycles. The molecule has 2 aromatic carbocycles. The highest BCUT2D eigenvalue weighted by Gasteiger charge is 2.18. The van der Waals surface area contributed by atoms with Gasteiger partial charge in [-0.15, -0.1) is 0 Å². The highest BCUT2D eigenvalue weighted by Crippen LogP contribution is 2.29. The first-order chi connectivity index (χ1) is 9.93. The Labute approximate surface area is 140 Å². The van der Waals surface area contributed by atoms with Crippen LogP contribution < -0.4 is 5.73 Å². The first-order valence-electron chi connectivity index (χ1n) is 6.12. The lowest BCUT2D eigenvalue weighted by molar-refractivity contribution is 0.103. The van der Waals surface area contributed by atoms with Gasteiger partial charge in [-0.3, -0.25) is 4.79 Å². The van der Waals surface area contributed by atoms with Gasteiger partial charge in [-0.25, -0.2) is 0 Å². The second kappa shape index (κ2) is 6.79. The molecule has 0 unspecified atom stereocenters. The molecule has 0 amide bonds. The van der Waals surface area contributed by atoms with Crippen LogP contribution in [-0.2, 0) is 6.42 Å². The lowest BCUT2D eigenvalue weighted by Crippen LogP contribution is -2.09. The van der Waals surface area contributed by atoms with Crippen molar-refractivity contribution < 1.29 is 9.90 Å². The van der Waals surface area contributed by atoms with Crippen LogP contribution >= 0.6 is 39.1 Å². The smallest absolute Gasteiger partial charge is 0.196 e. The zero-order valence-electron chi connectivity index (χ0n) is 10.9. The number of rotatable bonds is 4. The fourth-order valence-electron chi connectivity index (χ4n) is 2.01. The summed E-state index contributed by atoms with van der Waals surface area (Å²) in [6, 6.07) is 8.16. The van der Waals surface area contributed by atoms with Gasteiger partial charge in [-0.2, -0.15) is 0 Å². The molecule has 0 aliphatic rings. The molecule has 6 heteroatoms. The standard InChI is InChI=1S/C15H12BrCl2NO2/c16-9-1-2-11(13(18)6-9)15(21)12-7-10(17)5-8(3-4-20)14(12)19/h1-2,5-7,20H,3-4,19H2. The molecule has 0 atom stereocenters. The predicted molar refractivity (Wildman–Crippen MR) is 89.2 cm³/mol. The van der Waals surface area contributed by atoms with Gasteiger partial charge in [0.2, 0.25) is 0 Å². The van der Waals surface area contributed by atoms with E-state index in [4.69, 9.17) is 34.0 Å². The first-order valence-corrected chi connectivity index (χ1v) is 7.67. The van der Waals surface area contributed by atoms with Crippen molar-refractivity contribution >= 4 is 50.6 Å².